The molecule has 25 heavy (non-hydrogen) atoms. The quantitative estimate of drug-likeness (QED) is 0.554. The number of hydrogen-bond acceptors (Lipinski definition) is 5. The fourth-order valence-corrected chi connectivity index (χ4v) is 2.16. The molecule has 1 aromatic carbocycles. The fraction of sp³-hybridized carbons (Fsp3) is 0.450. The van der Waals surface area contributed by atoms with Crippen molar-refractivity contribution >= 4 is 5.97 Å². The highest BCUT2D eigenvalue weighted by Crippen LogP contribution is 2.47. The van der Waals surface area contributed by atoms with E-state index in [1.807, 2.05) is 27.7 Å². The average Bonchev–Trinajstić information content (AvgIpc) is 2.48. The van der Waals surface area contributed by atoms with Crippen LogP contribution in [0.2, 0.25) is 0 Å². The zero-order chi connectivity index (χ0) is 19.0. The Bertz CT molecular complexity index is 713. The molecule has 0 radical (unpaired) electrons. The van der Waals surface area contributed by atoms with Crippen LogP contribution in [0.15, 0.2) is 37.4 Å². The molecule has 0 aliphatic carbocycles. The largest absolute Gasteiger partial charge is 0.480 e. The Morgan fingerprint density at radius 1 is 1.00 bits per heavy atom. The standard InChI is InChI=1S/C20H26O5/c1-9-18(3,4)22-14-12-11-13-15(16(14)23-19(5,6)10-2)24-20(7,8)25-17(13)21/h9-12H,1-2H2,3-8H3. The number of fused-ring (bicyclic) bond motifs is 1. The summed E-state index contributed by atoms with van der Waals surface area (Å²) < 4.78 is 23.3. The minimum Gasteiger partial charge on any atom is -0.480 e. The molecular formula is C20H26O5. The lowest BCUT2D eigenvalue weighted by Gasteiger charge is -2.35. The fourth-order valence-electron chi connectivity index (χ4n) is 2.16. The van der Waals surface area contributed by atoms with Crippen LogP contribution in [0.3, 0.4) is 0 Å². The highest BCUT2D eigenvalue weighted by molar-refractivity contribution is 5.95. The van der Waals surface area contributed by atoms with E-state index in [0.717, 1.165) is 0 Å². The van der Waals surface area contributed by atoms with Gasteiger partial charge < -0.3 is 18.9 Å². The molecule has 0 N–H and O–H groups in total. The molecule has 0 unspecified atom stereocenters. The maximum absolute atomic E-state index is 12.3. The van der Waals surface area contributed by atoms with E-state index in [1.54, 1.807) is 38.1 Å². The molecule has 1 aliphatic heterocycles. The molecule has 5 heteroatoms. The first-order valence-corrected chi connectivity index (χ1v) is 8.14. The van der Waals surface area contributed by atoms with Gasteiger partial charge in [0.15, 0.2) is 11.5 Å². The van der Waals surface area contributed by atoms with Crippen LogP contribution >= 0.6 is 0 Å². The molecule has 0 aromatic heterocycles. The third-order valence-corrected chi connectivity index (χ3v) is 3.70. The number of ether oxygens (including phenoxy) is 4. The first-order chi connectivity index (χ1) is 11.4. The van der Waals surface area contributed by atoms with Crippen LogP contribution in [0.1, 0.15) is 51.9 Å². The minimum atomic E-state index is -1.10. The molecule has 1 aliphatic rings. The minimum absolute atomic E-state index is 0.290. The second-order valence-electron chi connectivity index (χ2n) is 7.48. The van der Waals surface area contributed by atoms with Crippen molar-refractivity contribution in [2.75, 3.05) is 0 Å². The normalized spacial score (nSPS) is 16.2. The van der Waals surface area contributed by atoms with Gasteiger partial charge in [-0.05, 0) is 52.0 Å². The van der Waals surface area contributed by atoms with E-state index < -0.39 is 23.0 Å². The molecule has 0 saturated carbocycles. The second-order valence-corrected chi connectivity index (χ2v) is 7.48. The predicted octanol–water partition coefficient (Wildman–Crippen LogP) is 4.66. The van der Waals surface area contributed by atoms with E-state index in [2.05, 4.69) is 13.2 Å². The summed E-state index contributed by atoms with van der Waals surface area (Å²) >= 11 is 0. The van der Waals surface area contributed by atoms with Gasteiger partial charge in [-0.15, -0.1) is 0 Å². The Kier molecular flexibility index (Phi) is 4.64. The van der Waals surface area contributed by atoms with E-state index in [4.69, 9.17) is 18.9 Å². The molecule has 1 heterocycles. The summed E-state index contributed by atoms with van der Waals surface area (Å²) in [6.45, 7) is 18.4. The lowest BCUT2D eigenvalue weighted by Crippen LogP contribution is -2.39. The monoisotopic (exact) mass is 346 g/mol. The summed E-state index contributed by atoms with van der Waals surface area (Å²) in [5.74, 6) is -0.491. The van der Waals surface area contributed by atoms with Gasteiger partial charge in [-0.25, -0.2) is 4.79 Å². The number of carbonyl (C=O) groups excluding carboxylic acids is 1. The van der Waals surface area contributed by atoms with Gasteiger partial charge in [0.1, 0.15) is 16.8 Å². The Balaban J connectivity index is 2.64. The number of cyclic esters (lactones) is 1. The van der Waals surface area contributed by atoms with Crippen LogP contribution in [0.25, 0.3) is 0 Å². The molecule has 136 valence electrons. The van der Waals surface area contributed by atoms with Gasteiger partial charge >= 0.3 is 5.97 Å². The first-order valence-electron chi connectivity index (χ1n) is 8.14. The van der Waals surface area contributed by atoms with E-state index in [-0.39, 0.29) is 5.56 Å². The summed E-state index contributed by atoms with van der Waals surface area (Å²) in [7, 11) is 0. The van der Waals surface area contributed by atoms with Crippen LogP contribution in [0, 0.1) is 0 Å². The van der Waals surface area contributed by atoms with Crippen LogP contribution < -0.4 is 14.2 Å². The highest BCUT2D eigenvalue weighted by atomic mass is 16.7. The van der Waals surface area contributed by atoms with Crippen LogP contribution in [0.4, 0.5) is 0 Å². The molecule has 2 rings (SSSR count). The summed E-state index contributed by atoms with van der Waals surface area (Å²) in [6.07, 6.45) is 3.36. The predicted molar refractivity (Wildman–Crippen MR) is 96.4 cm³/mol. The van der Waals surface area contributed by atoms with Crippen LogP contribution in [-0.2, 0) is 4.74 Å². The molecule has 0 amide bonds. The van der Waals surface area contributed by atoms with Gasteiger partial charge in [-0.1, -0.05) is 13.2 Å². The van der Waals surface area contributed by atoms with Crippen molar-refractivity contribution in [1.29, 1.82) is 0 Å². The molecular weight excluding hydrogens is 320 g/mol. The highest BCUT2D eigenvalue weighted by Gasteiger charge is 2.38. The number of hydrogen-bond donors (Lipinski definition) is 0. The van der Waals surface area contributed by atoms with Gasteiger partial charge in [0.05, 0.1) is 0 Å². The van der Waals surface area contributed by atoms with Crippen LogP contribution in [0.5, 0.6) is 17.2 Å². The van der Waals surface area contributed by atoms with Gasteiger partial charge in [0.25, 0.3) is 0 Å². The number of rotatable bonds is 6. The Labute approximate surface area is 149 Å². The molecule has 0 spiro atoms. The zero-order valence-electron chi connectivity index (χ0n) is 15.8. The second kappa shape index (κ2) is 6.14. The number of carbonyl (C=O) groups is 1. The lowest BCUT2D eigenvalue weighted by molar-refractivity contribution is -0.129. The van der Waals surface area contributed by atoms with Gasteiger partial charge in [0, 0.05) is 13.8 Å². The van der Waals surface area contributed by atoms with E-state index in [0.29, 0.717) is 17.2 Å². The zero-order valence-corrected chi connectivity index (χ0v) is 15.8. The summed E-state index contributed by atoms with van der Waals surface area (Å²) in [4.78, 5) is 12.3. The van der Waals surface area contributed by atoms with Crippen molar-refractivity contribution in [3.8, 4) is 17.2 Å². The number of benzene rings is 1. The van der Waals surface area contributed by atoms with E-state index in [1.165, 1.54) is 0 Å². The van der Waals surface area contributed by atoms with Gasteiger partial charge in [-0.2, -0.15) is 0 Å². The van der Waals surface area contributed by atoms with E-state index in [9.17, 15) is 4.79 Å². The van der Waals surface area contributed by atoms with Gasteiger partial charge in [0.2, 0.25) is 11.5 Å². The Morgan fingerprint density at radius 3 is 2.12 bits per heavy atom. The third kappa shape index (κ3) is 4.16. The summed E-state index contributed by atoms with van der Waals surface area (Å²) in [5, 5.41) is 0. The third-order valence-electron chi connectivity index (χ3n) is 3.70. The molecule has 0 atom stereocenters. The van der Waals surface area contributed by atoms with Crippen molar-refractivity contribution in [2.24, 2.45) is 0 Å². The first kappa shape index (κ1) is 18.9. The van der Waals surface area contributed by atoms with Crippen molar-refractivity contribution < 1.29 is 23.7 Å². The summed E-state index contributed by atoms with van der Waals surface area (Å²) in [5.41, 5.74) is -1.03. The topological polar surface area (TPSA) is 54.0 Å². The molecule has 0 fully saturated rings. The van der Waals surface area contributed by atoms with Gasteiger partial charge in [-0.3, -0.25) is 0 Å². The smallest absolute Gasteiger partial charge is 0.345 e. The van der Waals surface area contributed by atoms with Crippen LogP contribution in [-0.4, -0.2) is 23.0 Å². The average molecular weight is 346 g/mol. The maximum Gasteiger partial charge on any atom is 0.345 e. The van der Waals surface area contributed by atoms with E-state index >= 15 is 0 Å². The SMILES string of the molecule is C=CC(C)(C)Oc1ccc2c(c1OC(C)(C)C=C)OC(C)(C)OC2=O. The Hall–Kier alpha value is -2.43. The van der Waals surface area contributed by atoms with Crippen molar-refractivity contribution in [1.82, 2.24) is 0 Å². The maximum atomic E-state index is 12.3. The molecule has 5 nitrogen and oxygen atoms in total. The van der Waals surface area contributed by atoms with Crippen molar-refractivity contribution in [2.45, 2.75) is 58.5 Å². The molecule has 0 bridgehead atoms. The molecule has 0 saturated heterocycles. The molecule has 1 aromatic rings. The Morgan fingerprint density at radius 2 is 1.56 bits per heavy atom. The summed E-state index contributed by atoms with van der Waals surface area (Å²) in [6, 6.07) is 3.27. The van der Waals surface area contributed by atoms with Crippen molar-refractivity contribution in [3.05, 3.63) is 43.0 Å². The van der Waals surface area contributed by atoms with Crippen molar-refractivity contribution in [3.63, 3.8) is 0 Å². The lowest BCUT2D eigenvalue weighted by atomic mass is 10.1. The number of esters is 1.